The van der Waals surface area contributed by atoms with Gasteiger partial charge in [0, 0.05) is 12.1 Å². The van der Waals surface area contributed by atoms with Crippen molar-refractivity contribution in [3.8, 4) is 5.75 Å². The average molecular weight is 222 g/mol. The van der Waals surface area contributed by atoms with Gasteiger partial charge in [0.1, 0.15) is 5.75 Å². The molecule has 0 radical (unpaired) electrons. The molecule has 1 aromatic carbocycles. The topological polar surface area (TPSA) is 47.3 Å². The molecule has 0 saturated heterocycles. The number of nitrogens with one attached hydrogen (secondary N) is 1. The Morgan fingerprint density at radius 2 is 2.06 bits per heavy atom. The number of hydrogen-bond donors (Lipinski definition) is 2. The first-order chi connectivity index (χ1) is 7.46. The van der Waals surface area contributed by atoms with E-state index in [1.807, 2.05) is 19.9 Å². The third kappa shape index (κ3) is 3.74. The molecule has 0 spiro atoms. The Morgan fingerprint density at radius 1 is 1.38 bits per heavy atom. The molecule has 3 N–H and O–H groups in total. The summed E-state index contributed by atoms with van der Waals surface area (Å²) < 4.78 is 5.31. The van der Waals surface area contributed by atoms with Gasteiger partial charge in [0.2, 0.25) is 0 Å². The van der Waals surface area contributed by atoms with Crippen LogP contribution in [0.2, 0.25) is 0 Å². The molecule has 0 unspecified atom stereocenters. The zero-order valence-electron chi connectivity index (χ0n) is 10.6. The van der Waals surface area contributed by atoms with Gasteiger partial charge in [-0.25, -0.2) is 0 Å². The van der Waals surface area contributed by atoms with Gasteiger partial charge >= 0.3 is 0 Å². The summed E-state index contributed by atoms with van der Waals surface area (Å²) in [7, 11) is 1.68. The van der Waals surface area contributed by atoms with Crippen molar-refractivity contribution in [1.82, 2.24) is 0 Å². The summed E-state index contributed by atoms with van der Waals surface area (Å²) in [4.78, 5) is 0. The zero-order valence-corrected chi connectivity index (χ0v) is 10.6. The van der Waals surface area contributed by atoms with Crippen LogP contribution in [0.15, 0.2) is 18.2 Å². The first kappa shape index (κ1) is 12.8. The van der Waals surface area contributed by atoms with Gasteiger partial charge in [0.25, 0.3) is 0 Å². The molecule has 0 aliphatic carbocycles. The molecule has 0 aliphatic heterocycles. The van der Waals surface area contributed by atoms with Gasteiger partial charge in [-0.15, -0.1) is 0 Å². The van der Waals surface area contributed by atoms with Gasteiger partial charge in [-0.05, 0) is 38.0 Å². The van der Waals surface area contributed by atoms with Crippen LogP contribution in [-0.2, 0) is 6.42 Å². The number of aryl methyl sites for hydroxylation is 1. The van der Waals surface area contributed by atoms with E-state index in [-0.39, 0.29) is 5.54 Å². The maximum atomic E-state index is 5.94. The molecule has 1 aromatic rings. The lowest BCUT2D eigenvalue weighted by atomic mass is 10.1. The van der Waals surface area contributed by atoms with E-state index in [4.69, 9.17) is 10.5 Å². The van der Waals surface area contributed by atoms with E-state index >= 15 is 0 Å². The fourth-order valence-electron chi connectivity index (χ4n) is 1.44. The van der Waals surface area contributed by atoms with Crippen molar-refractivity contribution >= 4 is 5.69 Å². The van der Waals surface area contributed by atoms with Crippen molar-refractivity contribution in [2.24, 2.45) is 5.73 Å². The highest BCUT2D eigenvalue weighted by Crippen LogP contribution is 2.25. The van der Waals surface area contributed by atoms with Crippen LogP contribution in [0.3, 0.4) is 0 Å². The van der Waals surface area contributed by atoms with Crippen LogP contribution in [0.5, 0.6) is 5.75 Å². The van der Waals surface area contributed by atoms with Gasteiger partial charge in [-0.1, -0.05) is 13.0 Å². The molecular weight excluding hydrogens is 200 g/mol. The molecule has 0 bridgehead atoms. The van der Waals surface area contributed by atoms with E-state index in [2.05, 4.69) is 24.4 Å². The second-order valence-corrected chi connectivity index (χ2v) is 4.73. The summed E-state index contributed by atoms with van der Waals surface area (Å²) in [6.45, 7) is 6.85. The minimum Gasteiger partial charge on any atom is -0.495 e. The Balaban J connectivity index is 2.83. The SMILES string of the molecule is CCc1ccc(OC)c(NCC(C)(C)N)c1. The van der Waals surface area contributed by atoms with Crippen molar-refractivity contribution in [3.05, 3.63) is 23.8 Å². The Hall–Kier alpha value is -1.22. The van der Waals surface area contributed by atoms with Crippen molar-refractivity contribution in [2.75, 3.05) is 19.0 Å². The molecule has 0 heterocycles. The van der Waals surface area contributed by atoms with Gasteiger partial charge in [-0.2, -0.15) is 0 Å². The fraction of sp³-hybridized carbons (Fsp3) is 0.538. The largest absolute Gasteiger partial charge is 0.495 e. The molecule has 0 fully saturated rings. The minimum absolute atomic E-state index is 0.229. The van der Waals surface area contributed by atoms with E-state index < -0.39 is 0 Å². The predicted octanol–water partition coefficient (Wildman–Crippen LogP) is 2.41. The fourth-order valence-corrected chi connectivity index (χ4v) is 1.44. The van der Waals surface area contributed by atoms with Crippen LogP contribution in [0.1, 0.15) is 26.3 Å². The van der Waals surface area contributed by atoms with Crippen molar-refractivity contribution in [1.29, 1.82) is 0 Å². The number of ether oxygens (including phenoxy) is 1. The molecule has 16 heavy (non-hydrogen) atoms. The van der Waals surface area contributed by atoms with Gasteiger partial charge in [0.15, 0.2) is 0 Å². The molecule has 3 nitrogen and oxygen atoms in total. The molecule has 90 valence electrons. The smallest absolute Gasteiger partial charge is 0.141 e. The van der Waals surface area contributed by atoms with Crippen LogP contribution >= 0.6 is 0 Å². The van der Waals surface area contributed by atoms with Crippen molar-refractivity contribution < 1.29 is 4.74 Å². The van der Waals surface area contributed by atoms with E-state index in [9.17, 15) is 0 Å². The normalized spacial score (nSPS) is 11.3. The maximum Gasteiger partial charge on any atom is 0.141 e. The van der Waals surface area contributed by atoms with Crippen LogP contribution in [0, 0.1) is 0 Å². The summed E-state index contributed by atoms with van der Waals surface area (Å²) in [5, 5.41) is 3.33. The highest BCUT2D eigenvalue weighted by atomic mass is 16.5. The Bertz CT molecular complexity index is 342. The lowest BCUT2D eigenvalue weighted by molar-refractivity contribution is 0.415. The number of hydrogen-bond acceptors (Lipinski definition) is 3. The van der Waals surface area contributed by atoms with Crippen LogP contribution < -0.4 is 15.8 Å². The predicted molar refractivity (Wildman–Crippen MR) is 69.1 cm³/mol. The number of rotatable bonds is 5. The van der Waals surface area contributed by atoms with E-state index in [1.54, 1.807) is 7.11 Å². The minimum atomic E-state index is -0.229. The Morgan fingerprint density at radius 3 is 2.56 bits per heavy atom. The lowest BCUT2D eigenvalue weighted by Crippen LogP contribution is -2.39. The number of nitrogens with two attached hydrogens (primary N) is 1. The lowest BCUT2D eigenvalue weighted by Gasteiger charge is -2.21. The molecule has 0 amide bonds. The first-order valence-corrected chi connectivity index (χ1v) is 5.66. The average Bonchev–Trinajstić information content (AvgIpc) is 2.25. The molecule has 0 saturated carbocycles. The second-order valence-electron chi connectivity index (χ2n) is 4.73. The van der Waals surface area contributed by atoms with Gasteiger partial charge < -0.3 is 15.8 Å². The van der Waals surface area contributed by atoms with E-state index in [1.165, 1.54) is 5.56 Å². The summed E-state index contributed by atoms with van der Waals surface area (Å²) in [5.41, 5.74) is 8.02. The third-order valence-electron chi connectivity index (χ3n) is 2.41. The van der Waals surface area contributed by atoms with E-state index in [0.29, 0.717) is 0 Å². The summed E-state index contributed by atoms with van der Waals surface area (Å²) in [5.74, 6) is 0.862. The zero-order chi connectivity index (χ0) is 12.2. The van der Waals surface area contributed by atoms with Crippen LogP contribution in [0.25, 0.3) is 0 Å². The van der Waals surface area contributed by atoms with Crippen LogP contribution in [0.4, 0.5) is 5.69 Å². The van der Waals surface area contributed by atoms with Crippen LogP contribution in [-0.4, -0.2) is 19.2 Å². The Labute approximate surface area is 98.0 Å². The van der Waals surface area contributed by atoms with Crippen molar-refractivity contribution in [3.63, 3.8) is 0 Å². The quantitative estimate of drug-likeness (QED) is 0.804. The highest BCUT2D eigenvalue weighted by molar-refractivity contribution is 5.58. The second kappa shape index (κ2) is 5.21. The highest BCUT2D eigenvalue weighted by Gasteiger charge is 2.11. The molecule has 3 heteroatoms. The number of methoxy groups -OCH3 is 1. The third-order valence-corrected chi connectivity index (χ3v) is 2.41. The molecular formula is C13H22N2O. The standard InChI is InChI=1S/C13H22N2O/c1-5-10-6-7-12(16-4)11(8-10)15-9-13(2,3)14/h6-8,15H,5,9,14H2,1-4H3. The van der Waals surface area contributed by atoms with Crippen molar-refractivity contribution in [2.45, 2.75) is 32.7 Å². The molecule has 1 rings (SSSR count). The maximum absolute atomic E-state index is 5.94. The Kier molecular flexibility index (Phi) is 4.19. The van der Waals surface area contributed by atoms with Gasteiger partial charge in [-0.3, -0.25) is 0 Å². The summed E-state index contributed by atoms with van der Waals surface area (Å²) in [6.07, 6.45) is 1.02. The van der Waals surface area contributed by atoms with E-state index in [0.717, 1.165) is 24.4 Å². The number of anilines is 1. The van der Waals surface area contributed by atoms with Gasteiger partial charge in [0.05, 0.1) is 12.8 Å². The first-order valence-electron chi connectivity index (χ1n) is 5.66. The summed E-state index contributed by atoms with van der Waals surface area (Å²) in [6, 6.07) is 6.19. The summed E-state index contributed by atoms with van der Waals surface area (Å²) >= 11 is 0. The molecule has 0 aliphatic rings. The molecule has 0 atom stereocenters. The number of benzene rings is 1. The molecule has 0 aromatic heterocycles. The monoisotopic (exact) mass is 222 g/mol.